The number of fused-ring (bicyclic) bond motifs is 3. The summed E-state index contributed by atoms with van der Waals surface area (Å²) < 4.78 is 0. The second-order valence-corrected chi connectivity index (χ2v) is 5.38. The molecule has 109 valence electrons. The van der Waals surface area contributed by atoms with Crippen molar-refractivity contribution in [2.24, 2.45) is 0 Å². The van der Waals surface area contributed by atoms with Crippen LogP contribution in [-0.4, -0.2) is 0 Å². The zero-order valence-corrected chi connectivity index (χ0v) is 16.3. The van der Waals surface area contributed by atoms with E-state index in [-0.39, 0.29) is 51.0 Å². The molecule has 0 saturated heterocycles. The van der Waals surface area contributed by atoms with Gasteiger partial charge >= 0.3 is 26.2 Å². The molecule has 1 radical (unpaired) electrons. The normalized spacial score (nSPS) is 13.7. The fraction of sp³-hybridized carbons (Fsp3) is 0.158. The summed E-state index contributed by atoms with van der Waals surface area (Å²) in [7, 11) is 0. The molecule has 0 N–H and O–H groups in total. The van der Waals surface area contributed by atoms with Crippen LogP contribution >= 0.6 is 0 Å². The average molecular weight is 405 g/mol. The average Bonchev–Trinajstić information content (AvgIpc) is 3.01. The predicted octanol–water partition coefficient (Wildman–Crippen LogP) is -1.20. The first kappa shape index (κ1) is 19.4. The third-order valence-electron chi connectivity index (χ3n) is 4.22. The second kappa shape index (κ2) is 7.78. The smallest absolute Gasteiger partial charge is 1.00 e. The molecular formula is C19H15Cl2Zr. The van der Waals surface area contributed by atoms with Gasteiger partial charge in [0.1, 0.15) is 0 Å². The molecule has 0 aliphatic heterocycles. The van der Waals surface area contributed by atoms with Crippen molar-refractivity contribution in [1.82, 2.24) is 0 Å². The number of rotatable bonds is 1. The number of halogens is 2. The van der Waals surface area contributed by atoms with Crippen molar-refractivity contribution in [1.29, 1.82) is 0 Å². The summed E-state index contributed by atoms with van der Waals surface area (Å²) in [6, 6.07) is 16.7. The first-order valence-corrected chi connectivity index (χ1v) is 6.82. The Hall–Kier alpha value is -0.617. The van der Waals surface area contributed by atoms with E-state index in [1.54, 1.807) is 0 Å². The van der Waals surface area contributed by atoms with Gasteiger partial charge in [0, 0.05) is 0 Å². The van der Waals surface area contributed by atoms with Crippen molar-refractivity contribution in [2.75, 3.05) is 0 Å². The van der Waals surface area contributed by atoms with Gasteiger partial charge in [-0.2, -0.15) is 23.8 Å². The number of hydrogen-bond donors (Lipinski definition) is 0. The molecule has 2 aromatic rings. The quantitative estimate of drug-likeness (QED) is 0.446. The van der Waals surface area contributed by atoms with Gasteiger partial charge < -0.3 is 24.8 Å². The fourth-order valence-corrected chi connectivity index (χ4v) is 3.18. The molecule has 0 nitrogen and oxygen atoms in total. The summed E-state index contributed by atoms with van der Waals surface area (Å²) in [6.45, 7) is 2.19. The van der Waals surface area contributed by atoms with E-state index in [1.165, 1.54) is 39.0 Å². The Balaban J connectivity index is 0.000000807. The SMILES string of the molecule is CC1=C(c2c[c-]c3c(c2)-c2ccccc2C3)CC=C1.[Cl-].[Cl-].[Zr+3]. The molecule has 0 bridgehead atoms. The molecule has 0 amide bonds. The molecule has 0 aromatic heterocycles. The van der Waals surface area contributed by atoms with Crippen LogP contribution in [-0.2, 0) is 32.6 Å². The second-order valence-electron chi connectivity index (χ2n) is 5.38. The molecule has 0 unspecified atom stereocenters. The Kier molecular flexibility index (Phi) is 6.87. The van der Waals surface area contributed by atoms with Gasteiger partial charge in [-0.05, 0) is 19.8 Å². The third kappa shape index (κ3) is 3.18. The first-order chi connectivity index (χ1) is 9.33. The Morgan fingerprint density at radius 3 is 2.55 bits per heavy atom. The van der Waals surface area contributed by atoms with Gasteiger partial charge in [0.05, 0.1) is 0 Å². The molecule has 0 heterocycles. The van der Waals surface area contributed by atoms with E-state index in [1.807, 2.05) is 0 Å². The number of hydrogen-bond acceptors (Lipinski definition) is 0. The van der Waals surface area contributed by atoms with Crippen molar-refractivity contribution in [2.45, 2.75) is 19.8 Å². The summed E-state index contributed by atoms with van der Waals surface area (Å²) in [5, 5.41) is 0. The Morgan fingerprint density at radius 2 is 1.82 bits per heavy atom. The monoisotopic (exact) mass is 403 g/mol. The maximum Gasteiger partial charge on any atom is 3.00 e. The van der Waals surface area contributed by atoms with Gasteiger partial charge in [-0.25, -0.2) is 0 Å². The van der Waals surface area contributed by atoms with E-state index >= 15 is 0 Å². The predicted molar refractivity (Wildman–Crippen MR) is 79.9 cm³/mol. The number of benzene rings is 2. The molecule has 2 aliphatic carbocycles. The fourth-order valence-electron chi connectivity index (χ4n) is 3.18. The van der Waals surface area contributed by atoms with Gasteiger partial charge in [-0.15, -0.1) is 11.1 Å². The van der Waals surface area contributed by atoms with Crippen molar-refractivity contribution < 1.29 is 51.0 Å². The summed E-state index contributed by atoms with van der Waals surface area (Å²) >= 11 is 0. The van der Waals surface area contributed by atoms with Crippen molar-refractivity contribution >= 4 is 5.57 Å². The van der Waals surface area contributed by atoms with E-state index in [9.17, 15) is 0 Å². The van der Waals surface area contributed by atoms with Gasteiger partial charge in [-0.3, -0.25) is 0 Å². The molecule has 0 fully saturated rings. The molecule has 2 aliphatic rings. The largest absolute Gasteiger partial charge is 3.00 e. The number of allylic oxidation sites excluding steroid dienone is 4. The minimum absolute atomic E-state index is 0. The van der Waals surface area contributed by atoms with Crippen LogP contribution in [0.1, 0.15) is 30.0 Å². The molecule has 0 saturated carbocycles. The Morgan fingerprint density at radius 1 is 1.05 bits per heavy atom. The summed E-state index contributed by atoms with van der Waals surface area (Å²) in [5.74, 6) is 0. The van der Waals surface area contributed by atoms with Crippen LogP contribution < -0.4 is 24.8 Å². The molecule has 0 atom stereocenters. The minimum Gasteiger partial charge on any atom is -1.00 e. The van der Waals surface area contributed by atoms with Gasteiger partial charge in [0.25, 0.3) is 0 Å². The van der Waals surface area contributed by atoms with Gasteiger partial charge in [0.2, 0.25) is 0 Å². The summed E-state index contributed by atoms with van der Waals surface area (Å²) in [5.41, 5.74) is 9.71. The van der Waals surface area contributed by atoms with E-state index in [4.69, 9.17) is 0 Å². The van der Waals surface area contributed by atoms with Crippen LogP contribution in [0.25, 0.3) is 16.7 Å². The van der Waals surface area contributed by atoms with E-state index in [2.05, 4.69) is 61.5 Å². The third-order valence-corrected chi connectivity index (χ3v) is 4.22. The van der Waals surface area contributed by atoms with Crippen LogP contribution in [0.2, 0.25) is 0 Å². The van der Waals surface area contributed by atoms with Crippen LogP contribution in [0, 0.1) is 6.07 Å². The maximum absolute atomic E-state index is 3.50. The van der Waals surface area contributed by atoms with Crippen molar-refractivity contribution in [3.05, 3.63) is 76.9 Å². The topological polar surface area (TPSA) is 0 Å². The van der Waals surface area contributed by atoms with Crippen molar-refractivity contribution in [3.63, 3.8) is 0 Å². The molecule has 2 aromatic carbocycles. The minimum atomic E-state index is 0. The molecular weight excluding hydrogens is 390 g/mol. The summed E-state index contributed by atoms with van der Waals surface area (Å²) in [6.07, 6.45) is 6.55. The first-order valence-electron chi connectivity index (χ1n) is 6.82. The molecule has 3 heteroatoms. The molecule has 22 heavy (non-hydrogen) atoms. The van der Waals surface area contributed by atoms with Crippen molar-refractivity contribution in [3.8, 4) is 11.1 Å². The maximum atomic E-state index is 3.50. The Bertz CT molecular complexity index is 745. The summed E-state index contributed by atoms with van der Waals surface area (Å²) in [4.78, 5) is 0. The Labute approximate surface area is 163 Å². The zero-order chi connectivity index (χ0) is 12.8. The van der Waals surface area contributed by atoms with E-state index < -0.39 is 0 Å². The molecule has 4 rings (SSSR count). The van der Waals surface area contributed by atoms with Gasteiger partial charge in [-0.1, -0.05) is 58.7 Å². The molecule has 0 spiro atoms. The zero-order valence-electron chi connectivity index (χ0n) is 12.3. The van der Waals surface area contributed by atoms with E-state index in [0.717, 1.165) is 12.8 Å². The van der Waals surface area contributed by atoms with Gasteiger partial charge in [0.15, 0.2) is 0 Å². The van der Waals surface area contributed by atoms with E-state index in [0.29, 0.717) is 0 Å². The standard InChI is InChI=1S/C19H15.2ClH.Zr/c1-13-5-4-8-17(13)16-10-9-15-11-14-6-2-3-7-18(14)19(15)12-16;;;/h2-7,10,12H,8,11H2,1H3;2*1H;/q-1;;;+3/p-2. The van der Waals surface area contributed by atoms with Crippen LogP contribution in [0.15, 0.2) is 54.1 Å². The van der Waals surface area contributed by atoms with Crippen LogP contribution in [0.4, 0.5) is 0 Å². The van der Waals surface area contributed by atoms with Crippen LogP contribution in [0.3, 0.4) is 0 Å². The van der Waals surface area contributed by atoms with Crippen LogP contribution in [0.5, 0.6) is 0 Å².